The fraction of sp³-hybridized carbons (Fsp3) is 0.267. The number of benzene rings is 1. The number of phenolic OH excluding ortho intramolecular Hbond substituents is 1. The predicted molar refractivity (Wildman–Crippen MR) is 86.5 cm³/mol. The van der Waals surface area contributed by atoms with E-state index in [1.165, 1.54) is 18.2 Å². The lowest BCUT2D eigenvalue weighted by Crippen LogP contribution is -2.36. The SMILES string of the molecule is O=P(O)(O)N=C1CC=C(O)C=C1C(O)(O)CCc1cccc(O)c1. The van der Waals surface area contributed by atoms with Gasteiger partial charge in [0.25, 0.3) is 0 Å². The molecule has 0 fully saturated rings. The number of nitrogens with zero attached hydrogens (tertiary/aromatic N) is 1. The van der Waals surface area contributed by atoms with Gasteiger partial charge in [0, 0.05) is 18.4 Å². The molecule has 2 rings (SSSR count). The number of aliphatic hydroxyl groups is 3. The Morgan fingerprint density at radius 2 is 1.92 bits per heavy atom. The van der Waals surface area contributed by atoms with Crippen molar-refractivity contribution in [1.29, 1.82) is 0 Å². The average molecular weight is 355 g/mol. The second-order valence-corrected chi connectivity index (χ2v) is 6.66. The molecule has 1 aromatic carbocycles. The minimum atomic E-state index is -4.76. The molecule has 24 heavy (non-hydrogen) atoms. The van der Waals surface area contributed by atoms with Crippen LogP contribution in [0.2, 0.25) is 0 Å². The molecule has 0 atom stereocenters. The van der Waals surface area contributed by atoms with Crippen molar-refractivity contribution in [3.63, 3.8) is 0 Å². The third kappa shape index (κ3) is 5.02. The molecule has 1 aliphatic carbocycles. The van der Waals surface area contributed by atoms with E-state index in [2.05, 4.69) is 4.76 Å². The highest BCUT2D eigenvalue weighted by Crippen LogP contribution is 2.39. The Kier molecular flexibility index (Phi) is 5.27. The molecule has 1 aliphatic rings. The Labute approximate surface area is 138 Å². The van der Waals surface area contributed by atoms with E-state index in [0.29, 0.717) is 5.56 Å². The second kappa shape index (κ2) is 6.88. The molecule has 8 nitrogen and oxygen atoms in total. The van der Waals surface area contributed by atoms with Crippen LogP contribution >= 0.6 is 7.75 Å². The smallest absolute Gasteiger partial charge is 0.448 e. The number of rotatable bonds is 5. The van der Waals surface area contributed by atoms with Gasteiger partial charge in [-0.05, 0) is 36.3 Å². The van der Waals surface area contributed by atoms with Crippen LogP contribution in [-0.4, -0.2) is 41.7 Å². The van der Waals surface area contributed by atoms with Crippen LogP contribution in [0.4, 0.5) is 0 Å². The topological polar surface area (TPSA) is 151 Å². The Bertz CT molecular complexity index is 761. The molecule has 0 amide bonds. The summed E-state index contributed by atoms with van der Waals surface area (Å²) in [5, 5.41) is 39.6. The summed E-state index contributed by atoms with van der Waals surface area (Å²) >= 11 is 0. The number of aliphatic hydroxyl groups excluding tert-OH is 1. The third-order valence-electron chi connectivity index (χ3n) is 3.46. The maximum Gasteiger partial charge on any atom is 0.448 e. The monoisotopic (exact) mass is 355 g/mol. The molecule has 0 spiro atoms. The first-order valence-electron chi connectivity index (χ1n) is 7.06. The van der Waals surface area contributed by atoms with E-state index in [9.17, 15) is 25.0 Å². The van der Waals surface area contributed by atoms with Gasteiger partial charge in [0.2, 0.25) is 0 Å². The number of hydrogen-bond acceptors (Lipinski definition) is 5. The van der Waals surface area contributed by atoms with Gasteiger partial charge in [-0.15, -0.1) is 0 Å². The molecule has 0 heterocycles. The zero-order valence-electron chi connectivity index (χ0n) is 12.6. The number of phenols is 1. The van der Waals surface area contributed by atoms with Crippen LogP contribution in [0.1, 0.15) is 18.4 Å². The Balaban J connectivity index is 2.25. The van der Waals surface area contributed by atoms with E-state index in [-0.39, 0.29) is 42.1 Å². The quantitative estimate of drug-likeness (QED) is 0.344. The van der Waals surface area contributed by atoms with Crippen molar-refractivity contribution in [3.8, 4) is 5.75 Å². The average Bonchev–Trinajstić information content (AvgIpc) is 2.46. The Morgan fingerprint density at radius 1 is 1.21 bits per heavy atom. The lowest BCUT2D eigenvalue weighted by atomic mass is 9.90. The lowest BCUT2D eigenvalue weighted by molar-refractivity contribution is -0.128. The maximum absolute atomic E-state index is 11.1. The summed E-state index contributed by atoms with van der Waals surface area (Å²) in [5.74, 6) is -2.67. The van der Waals surface area contributed by atoms with Crippen LogP contribution in [-0.2, 0) is 11.0 Å². The summed E-state index contributed by atoms with van der Waals surface area (Å²) in [6.45, 7) is 0. The minimum absolute atomic E-state index is 0.0372. The van der Waals surface area contributed by atoms with Crippen molar-refractivity contribution in [1.82, 2.24) is 0 Å². The molecule has 1 aromatic rings. The van der Waals surface area contributed by atoms with Crippen LogP contribution in [0, 0.1) is 0 Å². The first-order chi connectivity index (χ1) is 11.1. The predicted octanol–water partition coefficient (Wildman–Crippen LogP) is 1.31. The van der Waals surface area contributed by atoms with Gasteiger partial charge in [0.15, 0.2) is 5.79 Å². The second-order valence-electron chi connectivity index (χ2n) is 5.44. The zero-order chi connectivity index (χ0) is 18.0. The lowest BCUT2D eigenvalue weighted by Gasteiger charge is -2.27. The minimum Gasteiger partial charge on any atom is -0.508 e. The highest BCUT2D eigenvalue weighted by atomic mass is 31.2. The number of allylic oxidation sites excluding steroid dienone is 2. The van der Waals surface area contributed by atoms with Crippen LogP contribution < -0.4 is 0 Å². The molecule has 0 unspecified atom stereocenters. The Morgan fingerprint density at radius 3 is 2.54 bits per heavy atom. The van der Waals surface area contributed by atoms with Gasteiger partial charge in [0.05, 0.1) is 5.71 Å². The Hall–Kier alpha value is -1.96. The van der Waals surface area contributed by atoms with Crippen molar-refractivity contribution in [2.75, 3.05) is 0 Å². The van der Waals surface area contributed by atoms with Gasteiger partial charge in [-0.2, -0.15) is 4.76 Å². The summed E-state index contributed by atoms with van der Waals surface area (Å²) in [7, 11) is -4.76. The van der Waals surface area contributed by atoms with E-state index in [1.807, 2.05) is 0 Å². The number of hydrogen-bond donors (Lipinski definition) is 6. The normalized spacial score (nSPS) is 17.6. The van der Waals surface area contributed by atoms with Gasteiger partial charge >= 0.3 is 7.75 Å². The third-order valence-corrected chi connectivity index (χ3v) is 3.96. The van der Waals surface area contributed by atoms with Crippen molar-refractivity contribution < 1.29 is 34.8 Å². The molecule has 0 saturated carbocycles. The van der Waals surface area contributed by atoms with E-state index in [0.717, 1.165) is 6.08 Å². The summed E-state index contributed by atoms with van der Waals surface area (Å²) < 4.78 is 14.3. The first-order valence-corrected chi connectivity index (χ1v) is 8.62. The van der Waals surface area contributed by atoms with Gasteiger partial charge < -0.3 is 30.2 Å². The van der Waals surface area contributed by atoms with Gasteiger partial charge in [-0.25, -0.2) is 4.57 Å². The fourth-order valence-electron chi connectivity index (χ4n) is 2.37. The molecule has 6 N–H and O–H groups in total. The summed E-state index contributed by atoms with van der Waals surface area (Å²) in [6.07, 6.45) is 2.07. The van der Waals surface area contributed by atoms with E-state index >= 15 is 0 Å². The first kappa shape index (κ1) is 18.4. The largest absolute Gasteiger partial charge is 0.508 e. The van der Waals surface area contributed by atoms with E-state index in [4.69, 9.17) is 9.79 Å². The van der Waals surface area contributed by atoms with Crippen molar-refractivity contribution in [2.24, 2.45) is 4.76 Å². The molecular weight excluding hydrogens is 337 g/mol. The molecule has 0 radical (unpaired) electrons. The fourth-order valence-corrected chi connectivity index (χ4v) is 2.87. The standard InChI is InChI=1S/C15H18NO7P/c17-11-3-1-2-10(8-11)6-7-15(19,20)13-9-12(18)4-5-14(13)16-24(21,22)23/h1-4,8-9,17-20H,5-7H2,(H2,21,22,23). The molecule has 0 saturated heterocycles. The molecule has 9 heteroatoms. The van der Waals surface area contributed by atoms with Crippen LogP contribution in [0.5, 0.6) is 5.75 Å². The number of aryl methyl sites for hydroxylation is 1. The van der Waals surface area contributed by atoms with Crippen molar-refractivity contribution in [2.45, 2.75) is 25.0 Å². The van der Waals surface area contributed by atoms with Gasteiger partial charge in [-0.1, -0.05) is 12.1 Å². The van der Waals surface area contributed by atoms with Crippen molar-refractivity contribution >= 4 is 13.5 Å². The van der Waals surface area contributed by atoms with E-state index < -0.39 is 13.5 Å². The van der Waals surface area contributed by atoms with Gasteiger partial charge in [-0.3, -0.25) is 0 Å². The molecule has 0 aliphatic heterocycles. The zero-order valence-corrected chi connectivity index (χ0v) is 13.5. The summed E-state index contributed by atoms with van der Waals surface area (Å²) in [5.41, 5.74) is 0.167. The summed E-state index contributed by atoms with van der Waals surface area (Å²) in [6, 6.07) is 6.24. The molecule has 130 valence electrons. The van der Waals surface area contributed by atoms with Crippen LogP contribution in [0.3, 0.4) is 0 Å². The highest BCUT2D eigenvalue weighted by Gasteiger charge is 2.34. The van der Waals surface area contributed by atoms with Crippen LogP contribution in [0.15, 0.2) is 52.5 Å². The molecular formula is C15H18NO7P. The maximum atomic E-state index is 11.1. The van der Waals surface area contributed by atoms with Crippen LogP contribution in [0.25, 0.3) is 0 Å². The van der Waals surface area contributed by atoms with Crippen molar-refractivity contribution in [3.05, 3.63) is 53.3 Å². The number of aromatic hydroxyl groups is 1. The highest BCUT2D eigenvalue weighted by molar-refractivity contribution is 7.50. The summed E-state index contributed by atoms with van der Waals surface area (Å²) in [4.78, 5) is 18.0. The van der Waals surface area contributed by atoms with Gasteiger partial charge in [0.1, 0.15) is 11.5 Å². The van der Waals surface area contributed by atoms with E-state index in [1.54, 1.807) is 12.1 Å². The molecule has 0 aromatic heterocycles. The molecule has 0 bridgehead atoms.